The van der Waals surface area contributed by atoms with Crippen LogP contribution in [0.1, 0.15) is 39.1 Å². The van der Waals surface area contributed by atoms with Crippen molar-refractivity contribution in [3.63, 3.8) is 0 Å². The number of carbonyl (C=O) groups excluding carboxylic acids is 2. The summed E-state index contributed by atoms with van der Waals surface area (Å²) in [5.41, 5.74) is 2.77. The number of nitrogens with one attached hydrogen (secondary N) is 2. The predicted octanol–water partition coefficient (Wildman–Crippen LogP) is 4.81. The minimum absolute atomic E-state index is 0.0458. The first-order valence-electron chi connectivity index (χ1n) is 10.9. The van der Waals surface area contributed by atoms with E-state index in [9.17, 15) is 14.0 Å². The van der Waals surface area contributed by atoms with E-state index >= 15 is 0 Å². The largest absolute Gasteiger partial charge is 0.371 e. The van der Waals surface area contributed by atoms with Crippen molar-refractivity contribution in [3.8, 4) is 0 Å². The van der Waals surface area contributed by atoms with Crippen LogP contribution < -0.4 is 15.5 Å². The van der Waals surface area contributed by atoms with Gasteiger partial charge in [0.1, 0.15) is 5.82 Å². The van der Waals surface area contributed by atoms with Gasteiger partial charge >= 0.3 is 0 Å². The Labute approximate surface area is 197 Å². The summed E-state index contributed by atoms with van der Waals surface area (Å²) >= 11 is 6.14. The summed E-state index contributed by atoms with van der Waals surface area (Å²) in [6.07, 6.45) is 1.53. The normalized spacial score (nSPS) is 14.1. The molecule has 3 aromatic carbocycles. The lowest BCUT2D eigenvalue weighted by Crippen LogP contribution is -2.45. The summed E-state index contributed by atoms with van der Waals surface area (Å²) in [5.74, 6) is -0.648. The van der Waals surface area contributed by atoms with Crippen LogP contribution in [0.25, 0.3) is 0 Å². The third-order valence-corrected chi connectivity index (χ3v) is 6.13. The van der Waals surface area contributed by atoms with Gasteiger partial charge in [-0.3, -0.25) is 9.59 Å². The second kappa shape index (κ2) is 10.5. The van der Waals surface area contributed by atoms with E-state index in [4.69, 9.17) is 11.6 Å². The molecule has 0 bridgehead atoms. The van der Waals surface area contributed by atoms with Crippen LogP contribution in [0.3, 0.4) is 0 Å². The second-order valence-corrected chi connectivity index (χ2v) is 8.45. The molecule has 1 aliphatic rings. The molecule has 0 atom stereocenters. The van der Waals surface area contributed by atoms with Crippen molar-refractivity contribution >= 4 is 29.1 Å². The number of piperidine rings is 1. The minimum atomic E-state index is -0.304. The van der Waals surface area contributed by atoms with E-state index in [0.29, 0.717) is 22.7 Å². The first-order chi connectivity index (χ1) is 16.0. The van der Waals surface area contributed by atoms with E-state index in [1.807, 2.05) is 18.2 Å². The van der Waals surface area contributed by atoms with Crippen molar-refractivity contribution < 1.29 is 14.0 Å². The molecule has 3 aromatic rings. The number of rotatable bonds is 6. The average Bonchev–Trinajstić information content (AvgIpc) is 2.84. The van der Waals surface area contributed by atoms with Crippen molar-refractivity contribution in [1.82, 2.24) is 10.6 Å². The number of hydrogen-bond donors (Lipinski definition) is 2. The van der Waals surface area contributed by atoms with Crippen LogP contribution in [0.4, 0.5) is 10.1 Å². The van der Waals surface area contributed by atoms with Crippen molar-refractivity contribution in [3.05, 3.63) is 100 Å². The van der Waals surface area contributed by atoms with Crippen molar-refractivity contribution in [2.45, 2.75) is 25.4 Å². The third-order valence-electron chi connectivity index (χ3n) is 5.80. The number of hydrogen-bond acceptors (Lipinski definition) is 3. The average molecular weight is 466 g/mol. The molecule has 0 aromatic heterocycles. The first-order valence-corrected chi connectivity index (χ1v) is 11.3. The molecule has 2 N–H and O–H groups in total. The van der Waals surface area contributed by atoms with E-state index in [0.717, 1.165) is 37.2 Å². The molecule has 5 nitrogen and oxygen atoms in total. The van der Waals surface area contributed by atoms with Crippen molar-refractivity contribution in [1.29, 1.82) is 0 Å². The second-order valence-electron chi connectivity index (χ2n) is 8.04. The molecule has 0 spiro atoms. The fraction of sp³-hybridized carbons (Fsp3) is 0.231. The number of benzene rings is 3. The zero-order valence-corrected chi connectivity index (χ0v) is 18.8. The maximum Gasteiger partial charge on any atom is 0.253 e. The van der Waals surface area contributed by atoms with Crippen LogP contribution in [0.15, 0.2) is 72.8 Å². The molecule has 0 aliphatic carbocycles. The summed E-state index contributed by atoms with van der Waals surface area (Å²) in [6.45, 7) is 1.76. The third kappa shape index (κ3) is 5.71. The van der Waals surface area contributed by atoms with Gasteiger partial charge in [-0.15, -0.1) is 0 Å². The molecule has 0 saturated carbocycles. The molecule has 170 valence electrons. The summed E-state index contributed by atoms with van der Waals surface area (Å²) in [5, 5.41) is 6.42. The van der Waals surface area contributed by atoms with Gasteiger partial charge in [0.05, 0.1) is 16.1 Å². The van der Waals surface area contributed by atoms with Crippen LogP contribution in [0.5, 0.6) is 0 Å². The Morgan fingerprint density at radius 3 is 2.21 bits per heavy atom. The van der Waals surface area contributed by atoms with Gasteiger partial charge in [0.25, 0.3) is 11.8 Å². The van der Waals surface area contributed by atoms with Gasteiger partial charge in [-0.2, -0.15) is 0 Å². The summed E-state index contributed by atoms with van der Waals surface area (Å²) in [4.78, 5) is 27.6. The smallest absolute Gasteiger partial charge is 0.253 e. The quantitative estimate of drug-likeness (QED) is 0.549. The molecule has 0 radical (unpaired) electrons. The van der Waals surface area contributed by atoms with E-state index in [-0.39, 0.29) is 23.7 Å². The lowest BCUT2D eigenvalue weighted by molar-refractivity contribution is 0.0929. The van der Waals surface area contributed by atoms with E-state index < -0.39 is 0 Å². The molecular weight excluding hydrogens is 441 g/mol. The Kier molecular flexibility index (Phi) is 7.25. The van der Waals surface area contributed by atoms with Crippen molar-refractivity contribution in [2.75, 3.05) is 18.0 Å². The summed E-state index contributed by atoms with van der Waals surface area (Å²) in [7, 11) is 0. The highest BCUT2D eigenvalue weighted by atomic mass is 35.5. The molecule has 1 fully saturated rings. The SMILES string of the molecule is O=C(NC1CCN(c2ccccc2C(=O)NCc2ccc(F)cc2)CC1)c1ccccc1Cl. The molecule has 1 saturated heterocycles. The van der Waals surface area contributed by atoms with Gasteiger partial charge in [-0.25, -0.2) is 4.39 Å². The molecule has 0 unspecified atom stereocenters. The molecule has 7 heteroatoms. The van der Waals surface area contributed by atoms with Gasteiger partial charge in [0.2, 0.25) is 0 Å². The number of anilines is 1. The Morgan fingerprint density at radius 2 is 1.52 bits per heavy atom. The number of amides is 2. The summed E-state index contributed by atoms with van der Waals surface area (Å²) in [6, 6.07) is 20.6. The van der Waals surface area contributed by atoms with Gasteiger partial charge in [-0.1, -0.05) is 48.0 Å². The Hall–Kier alpha value is -3.38. The predicted molar refractivity (Wildman–Crippen MR) is 128 cm³/mol. The highest BCUT2D eigenvalue weighted by Crippen LogP contribution is 2.25. The monoisotopic (exact) mass is 465 g/mol. The number of para-hydroxylation sites is 1. The fourth-order valence-corrected chi connectivity index (χ4v) is 4.22. The zero-order valence-electron chi connectivity index (χ0n) is 18.1. The van der Waals surface area contributed by atoms with Crippen LogP contribution in [-0.4, -0.2) is 30.9 Å². The standard InChI is InChI=1S/C26H25ClFN3O2/c27-23-7-3-1-5-21(23)26(33)30-20-13-15-31(16-14-20)24-8-4-2-6-22(24)25(32)29-17-18-9-11-19(28)12-10-18/h1-12,20H,13-17H2,(H,29,32)(H,30,33). The Bertz CT molecular complexity index is 1130. The first kappa shape index (κ1) is 22.8. The molecule has 4 rings (SSSR count). The Balaban J connectivity index is 1.35. The summed E-state index contributed by atoms with van der Waals surface area (Å²) < 4.78 is 13.1. The highest BCUT2D eigenvalue weighted by molar-refractivity contribution is 6.33. The van der Waals surface area contributed by atoms with Gasteiger partial charge < -0.3 is 15.5 Å². The molecule has 1 aliphatic heterocycles. The zero-order chi connectivity index (χ0) is 23.2. The minimum Gasteiger partial charge on any atom is -0.371 e. The van der Waals surface area contributed by atoms with Gasteiger partial charge in [0, 0.05) is 31.4 Å². The fourth-order valence-electron chi connectivity index (χ4n) is 3.99. The van der Waals surface area contributed by atoms with Crippen LogP contribution in [-0.2, 0) is 6.54 Å². The number of carbonyl (C=O) groups is 2. The van der Waals surface area contributed by atoms with E-state index in [1.165, 1.54) is 12.1 Å². The van der Waals surface area contributed by atoms with E-state index in [1.54, 1.807) is 42.5 Å². The van der Waals surface area contributed by atoms with Crippen molar-refractivity contribution in [2.24, 2.45) is 0 Å². The van der Waals surface area contributed by atoms with Crippen LogP contribution >= 0.6 is 11.6 Å². The maximum absolute atomic E-state index is 13.1. The lowest BCUT2D eigenvalue weighted by atomic mass is 10.0. The molecular formula is C26H25ClFN3O2. The lowest BCUT2D eigenvalue weighted by Gasteiger charge is -2.35. The molecule has 1 heterocycles. The number of nitrogens with zero attached hydrogens (tertiary/aromatic N) is 1. The topological polar surface area (TPSA) is 61.4 Å². The van der Waals surface area contributed by atoms with Gasteiger partial charge in [0.15, 0.2) is 0 Å². The molecule has 2 amide bonds. The molecule has 33 heavy (non-hydrogen) atoms. The maximum atomic E-state index is 13.1. The van der Waals surface area contributed by atoms with Crippen LogP contribution in [0.2, 0.25) is 5.02 Å². The van der Waals surface area contributed by atoms with Gasteiger partial charge in [-0.05, 0) is 54.8 Å². The number of halogens is 2. The van der Waals surface area contributed by atoms with E-state index in [2.05, 4.69) is 15.5 Å². The highest BCUT2D eigenvalue weighted by Gasteiger charge is 2.24. The Morgan fingerprint density at radius 1 is 0.879 bits per heavy atom. The van der Waals surface area contributed by atoms with Crippen LogP contribution in [0, 0.1) is 5.82 Å².